The predicted octanol–water partition coefficient (Wildman–Crippen LogP) is 3.20. The molecular weight excluding hydrogens is 331 g/mol. The Morgan fingerprint density at radius 2 is 2.20 bits per heavy atom. The second-order valence-corrected chi connectivity index (χ2v) is 4.35. The van der Waals surface area contributed by atoms with Crippen molar-refractivity contribution in [1.82, 2.24) is 0 Å². The van der Waals surface area contributed by atoms with E-state index in [1.807, 2.05) is 0 Å². The summed E-state index contributed by atoms with van der Waals surface area (Å²) in [7, 11) is 1.28. The molecular formula is C10H9Br2FO2. The van der Waals surface area contributed by atoms with E-state index in [-0.39, 0.29) is 6.42 Å². The first-order valence-electron chi connectivity index (χ1n) is 4.18. The van der Waals surface area contributed by atoms with Gasteiger partial charge < -0.3 is 4.74 Å². The minimum Gasteiger partial charge on any atom is -0.469 e. The van der Waals surface area contributed by atoms with E-state index >= 15 is 0 Å². The fraction of sp³-hybridized carbons (Fsp3) is 0.300. The average molecular weight is 340 g/mol. The van der Waals surface area contributed by atoms with Crippen molar-refractivity contribution in [1.29, 1.82) is 0 Å². The van der Waals surface area contributed by atoms with Crippen LogP contribution in [0.1, 0.15) is 11.1 Å². The average Bonchev–Trinajstić information content (AvgIpc) is 2.24. The first-order chi connectivity index (χ1) is 7.08. The number of hydrogen-bond donors (Lipinski definition) is 0. The van der Waals surface area contributed by atoms with Crippen molar-refractivity contribution >= 4 is 37.8 Å². The SMILES string of the molecule is COC(=O)Cc1cc(CBr)cc(Br)c1F. The summed E-state index contributed by atoms with van der Waals surface area (Å²) in [4.78, 5) is 11.0. The number of rotatable bonds is 3. The molecule has 0 aliphatic rings. The number of esters is 1. The molecule has 1 rings (SSSR count). The molecule has 0 aliphatic heterocycles. The molecule has 0 atom stereocenters. The fourth-order valence-electron chi connectivity index (χ4n) is 1.14. The second-order valence-electron chi connectivity index (χ2n) is 2.94. The Morgan fingerprint density at radius 1 is 1.53 bits per heavy atom. The summed E-state index contributed by atoms with van der Waals surface area (Å²) in [5, 5.41) is 0.611. The molecule has 0 aliphatic carbocycles. The number of hydrogen-bond acceptors (Lipinski definition) is 2. The fourth-order valence-corrected chi connectivity index (χ4v) is 2.01. The van der Waals surface area contributed by atoms with E-state index in [1.165, 1.54) is 7.11 Å². The molecule has 0 aromatic heterocycles. The van der Waals surface area contributed by atoms with Crippen molar-refractivity contribution in [2.45, 2.75) is 11.8 Å². The van der Waals surface area contributed by atoms with Crippen molar-refractivity contribution in [3.05, 3.63) is 33.5 Å². The van der Waals surface area contributed by atoms with Crippen LogP contribution in [0.4, 0.5) is 4.39 Å². The van der Waals surface area contributed by atoms with Gasteiger partial charge in [-0.15, -0.1) is 0 Å². The van der Waals surface area contributed by atoms with Crippen molar-refractivity contribution in [2.75, 3.05) is 7.11 Å². The molecule has 0 saturated heterocycles. The molecule has 1 aromatic carbocycles. The Bertz CT molecular complexity index is 380. The summed E-state index contributed by atoms with van der Waals surface area (Å²) in [6.45, 7) is 0. The van der Waals surface area contributed by atoms with Gasteiger partial charge in [0.2, 0.25) is 0 Å². The summed E-state index contributed by atoms with van der Waals surface area (Å²) >= 11 is 6.38. The van der Waals surface area contributed by atoms with Gasteiger partial charge in [0, 0.05) is 10.9 Å². The molecule has 15 heavy (non-hydrogen) atoms. The van der Waals surface area contributed by atoms with Gasteiger partial charge in [0.1, 0.15) is 5.82 Å². The molecule has 0 saturated carbocycles. The van der Waals surface area contributed by atoms with E-state index in [1.54, 1.807) is 12.1 Å². The molecule has 0 spiro atoms. The van der Waals surface area contributed by atoms with E-state index in [2.05, 4.69) is 36.6 Å². The van der Waals surface area contributed by atoms with Gasteiger partial charge in [-0.05, 0) is 27.6 Å². The van der Waals surface area contributed by atoms with E-state index < -0.39 is 11.8 Å². The smallest absolute Gasteiger partial charge is 0.310 e. The highest BCUT2D eigenvalue weighted by atomic mass is 79.9. The Balaban J connectivity index is 3.05. The Kier molecular flexibility index (Phi) is 4.73. The lowest BCUT2D eigenvalue weighted by Gasteiger charge is -2.06. The van der Waals surface area contributed by atoms with E-state index in [0.29, 0.717) is 15.4 Å². The summed E-state index contributed by atoms with van der Waals surface area (Å²) < 4.78 is 18.4. The van der Waals surface area contributed by atoms with Crippen molar-refractivity contribution in [2.24, 2.45) is 0 Å². The molecule has 1 aromatic rings. The highest BCUT2D eigenvalue weighted by molar-refractivity contribution is 9.10. The number of methoxy groups -OCH3 is 1. The predicted molar refractivity (Wildman–Crippen MR) is 62.5 cm³/mol. The van der Waals surface area contributed by atoms with Crippen LogP contribution in [-0.4, -0.2) is 13.1 Å². The molecule has 2 nitrogen and oxygen atoms in total. The number of carbonyl (C=O) groups is 1. The number of carbonyl (C=O) groups excluding carboxylic acids is 1. The lowest BCUT2D eigenvalue weighted by atomic mass is 10.1. The zero-order valence-corrected chi connectivity index (χ0v) is 11.2. The molecule has 0 amide bonds. The second kappa shape index (κ2) is 5.61. The first kappa shape index (κ1) is 12.6. The third kappa shape index (κ3) is 3.28. The zero-order chi connectivity index (χ0) is 11.4. The lowest BCUT2D eigenvalue weighted by molar-refractivity contribution is -0.139. The third-order valence-corrected chi connectivity index (χ3v) is 3.10. The maximum absolute atomic E-state index is 13.5. The quantitative estimate of drug-likeness (QED) is 0.624. The largest absolute Gasteiger partial charge is 0.469 e. The molecule has 82 valence electrons. The minimum absolute atomic E-state index is 0.0538. The van der Waals surface area contributed by atoms with E-state index in [4.69, 9.17) is 0 Å². The zero-order valence-electron chi connectivity index (χ0n) is 8.02. The third-order valence-electron chi connectivity index (χ3n) is 1.88. The van der Waals surface area contributed by atoms with Crippen molar-refractivity contribution < 1.29 is 13.9 Å². The normalized spacial score (nSPS) is 10.1. The highest BCUT2D eigenvalue weighted by Gasteiger charge is 2.12. The lowest BCUT2D eigenvalue weighted by Crippen LogP contribution is -2.07. The Labute approximate surface area is 104 Å². The van der Waals surface area contributed by atoms with Crippen LogP contribution in [-0.2, 0) is 21.3 Å². The van der Waals surface area contributed by atoms with Gasteiger partial charge >= 0.3 is 5.97 Å². The van der Waals surface area contributed by atoms with Crippen molar-refractivity contribution in [3.63, 3.8) is 0 Å². The van der Waals surface area contributed by atoms with Crippen LogP contribution in [0.2, 0.25) is 0 Å². The highest BCUT2D eigenvalue weighted by Crippen LogP contribution is 2.23. The monoisotopic (exact) mass is 338 g/mol. The maximum Gasteiger partial charge on any atom is 0.310 e. The van der Waals surface area contributed by atoms with Crippen LogP contribution in [0.15, 0.2) is 16.6 Å². The van der Waals surface area contributed by atoms with Crippen LogP contribution < -0.4 is 0 Å². The number of benzene rings is 1. The Hall–Kier alpha value is -0.420. The molecule has 0 fully saturated rings. The Morgan fingerprint density at radius 3 is 2.73 bits per heavy atom. The molecule has 0 radical (unpaired) electrons. The number of ether oxygens (including phenoxy) is 1. The van der Waals surface area contributed by atoms with Gasteiger partial charge in [-0.3, -0.25) is 4.79 Å². The maximum atomic E-state index is 13.5. The van der Waals surface area contributed by atoms with E-state index in [9.17, 15) is 9.18 Å². The summed E-state index contributed by atoms with van der Waals surface area (Å²) in [6.07, 6.45) is -0.0538. The van der Waals surface area contributed by atoms with Crippen LogP contribution in [0.25, 0.3) is 0 Å². The van der Waals surface area contributed by atoms with Crippen LogP contribution in [0.3, 0.4) is 0 Å². The van der Waals surface area contributed by atoms with Gasteiger partial charge in [-0.25, -0.2) is 4.39 Å². The molecule has 5 heteroatoms. The summed E-state index contributed by atoms with van der Waals surface area (Å²) in [5.74, 6) is -0.863. The minimum atomic E-state index is -0.451. The van der Waals surface area contributed by atoms with Crippen LogP contribution >= 0.6 is 31.9 Å². The van der Waals surface area contributed by atoms with Gasteiger partial charge in [-0.1, -0.05) is 22.0 Å². The summed E-state index contributed by atoms with van der Waals surface area (Å²) in [5.41, 5.74) is 1.24. The van der Waals surface area contributed by atoms with Crippen LogP contribution in [0, 0.1) is 5.82 Å². The standard InChI is InChI=1S/C10H9Br2FO2/c1-15-9(14)4-7-2-6(5-11)3-8(12)10(7)13/h2-3H,4-5H2,1H3. The van der Waals surface area contributed by atoms with Crippen molar-refractivity contribution in [3.8, 4) is 0 Å². The topological polar surface area (TPSA) is 26.3 Å². The van der Waals surface area contributed by atoms with E-state index in [0.717, 1.165) is 5.56 Å². The van der Waals surface area contributed by atoms with Gasteiger partial charge in [0.25, 0.3) is 0 Å². The summed E-state index contributed by atoms with van der Waals surface area (Å²) in [6, 6.07) is 3.32. The van der Waals surface area contributed by atoms with Crippen LogP contribution in [0.5, 0.6) is 0 Å². The number of halogens is 3. The molecule has 0 heterocycles. The molecule has 0 bridgehead atoms. The first-order valence-corrected chi connectivity index (χ1v) is 6.09. The van der Waals surface area contributed by atoms with Gasteiger partial charge in [0.15, 0.2) is 0 Å². The van der Waals surface area contributed by atoms with Gasteiger partial charge in [-0.2, -0.15) is 0 Å². The number of alkyl halides is 1. The molecule has 0 unspecified atom stereocenters. The van der Waals surface area contributed by atoms with Gasteiger partial charge in [0.05, 0.1) is 18.0 Å². The molecule has 0 N–H and O–H groups in total.